The number of ether oxygens (including phenoxy) is 3. The molecule has 2 aromatic heterocycles. The van der Waals surface area contributed by atoms with Crippen molar-refractivity contribution in [1.29, 1.82) is 0 Å². The molecule has 2 aliphatic heterocycles. The van der Waals surface area contributed by atoms with E-state index in [9.17, 15) is 19.5 Å². The SMILES string of the molecule is CC[C@@]1(O)C(=O)OCc2c1cc1n(c2=O)Cc2c-1nc1ccccc1c2COC(=O)COc1ccc(CNC(N)N)cc1. The maximum absolute atomic E-state index is 13.6. The van der Waals surface area contributed by atoms with Crippen molar-refractivity contribution in [2.45, 2.75) is 51.5 Å². The van der Waals surface area contributed by atoms with Gasteiger partial charge in [0, 0.05) is 28.6 Å². The van der Waals surface area contributed by atoms with Gasteiger partial charge in [0.05, 0.1) is 29.0 Å². The Balaban J connectivity index is 1.25. The zero-order chi connectivity index (χ0) is 30.3. The van der Waals surface area contributed by atoms with Crippen LogP contribution >= 0.6 is 0 Å². The summed E-state index contributed by atoms with van der Waals surface area (Å²) in [7, 11) is 0. The summed E-state index contributed by atoms with van der Waals surface area (Å²) in [6.07, 6.45) is -0.570. The van der Waals surface area contributed by atoms with Crippen molar-refractivity contribution in [3.8, 4) is 17.1 Å². The van der Waals surface area contributed by atoms with Crippen LogP contribution in [0.25, 0.3) is 22.3 Å². The van der Waals surface area contributed by atoms with Gasteiger partial charge in [0.2, 0.25) is 0 Å². The fourth-order valence-electron chi connectivity index (χ4n) is 5.55. The first-order chi connectivity index (χ1) is 20.7. The van der Waals surface area contributed by atoms with E-state index < -0.39 is 23.8 Å². The number of cyclic esters (lactones) is 1. The number of esters is 2. The minimum absolute atomic E-state index is 0.0490. The molecule has 0 spiro atoms. The van der Waals surface area contributed by atoms with Crippen molar-refractivity contribution in [2.75, 3.05) is 6.61 Å². The minimum atomic E-state index is -1.92. The van der Waals surface area contributed by atoms with E-state index in [1.54, 1.807) is 29.7 Å². The van der Waals surface area contributed by atoms with Crippen LogP contribution in [0.4, 0.5) is 0 Å². The first-order valence-corrected chi connectivity index (χ1v) is 13.9. The molecule has 6 N–H and O–H groups in total. The van der Waals surface area contributed by atoms with Crippen LogP contribution in [-0.4, -0.2) is 39.5 Å². The number of carbonyl (C=O) groups excluding carboxylic acids is 2. The topological polar surface area (TPSA) is 181 Å². The van der Waals surface area contributed by atoms with Gasteiger partial charge < -0.3 is 35.4 Å². The van der Waals surface area contributed by atoms with Crippen molar-refractivity contribution in [3.63, 3.8) is 0 Å². The molecule has 2 aliphatic rings. The summed E-state index contributed by atoms with van der Waals surface area (Å²) in [5.41, 5.74) is 13.2. The van der Waals surface area contributed by atoms with Gasteiger partial charge in [-0.2, -0.15) is 0 Å². The fourth-order valence-corrected chi connectivity index (χ4v) is 5.55. The Hall–Kier alpha value is -4.62. The number of hydrogen-bond donors (Lipinski definition) is 4. The van der Waals surface area contributed by atoms with Gasteiger partial charge in [-0.3, -0.25) is 10.1 Å². The van der Waals surface area contributed by atoms with E-state index in [0.717, 1.165) is 16.5 Å². The molecule has 4 heterocycles. The molecule has 2 aromatic carbocycles. The molecule has 6 rings (SSSR count). The van der Waals surface area contributed by atoms with Crippen molar-refractivity contribution in [3.05, 3.63) is 92.8 Å². The molecule has 0 fully saturated rings. The molecule has 1 atom stereocenters. The highest BCUT2D eigenvalue weighted by Crippen LogP contribution is 2.40. The lowest BCUT2D eigenvalue weighted by molar-refractivity contribution is -0.172. The Kier molecular flexibility index (Phi) is 7.44. The first kappa shape index (κ1) is 28.5. The van der Waals surface area contributed by atoms with E-state index in [1.807, 2.05) is 36.4 Å². The van der Waals surface area contributed by atoms with E-state index in [4.69, 9.17) is 30.7 Å². The van der Waals surface area contributed by atoms with Gasteiger partial charge in [0.25, 0.3) is 5.56 Å². The Bertz CT molecular complexity index is 1800. The summed E-state index contributed by atoms with van der Waals surface area (Å²) < 4.78 is 18.0. The largest absolute Gasteiger partial charge is 0.482 e. The number of hydrogen-bond acceptors (Lipinski definition) is 11. The van der Waals surface area contributed by atoms with Crippen LogP contribution in [0, 0.1) is 0 Å². The number of fused-ring (bicyclic) bond motifs is 5. The highest BCUT2D eigenvalue weighted by Gasteiger charge is 2.45. The Morgan fingerprint density at radius 1 is 1.16 bits per heavy atom. The third kappa shape index (κ3) is 5.14. The highest BCUT2D eigenvalue weighted by atomic mass is 16.6. The van der Waals surface area contributed by atoms with Gasteiger partial charge in [-0.1, -0.05) is 37.3 Å². The first-order valence-electron chi connectivity index (χ1n) is 13.9. The van der Waals surface area contributed by atoms with Gasteiger partial charge in [-0.15, -0.1) is 0 Å². The molecule has 0 saturated carbocycles. The lowest BCUT2D eigenvalue weighted by Gasteiger charge is -2.31. The van der Waals surface area contributed by atoms with Gasteiger partial charge in [0.15, 0.2) is 12.2 Å². The number of carbonyl (C=O) groups is 2. The molecule has 0 aliphatic carbocycles. The molecule has 4 aromatic rings. The Morgan fingerprint density at radius 2 is 1.93 bits per heavy atom. The second kappa shape index (κ2) is 11.2. The number of nitrogens with zero attached hydrogens (tertiary/aromatic N) is 2. The number of rotatable bonds is 9. The predicted molar refractivity (Wildman–Crippen MR) is 155 cm³/mol. The second-order valence-electron chi connectivity index (χ2n) is 10.5. The third-order valence-corrected chi connectivity index (χ3v) is 7.91. The van der Waals surface area contributed by atoms with Crippen molar-refractivity contribution in [2.24, 2.45) is 11.5 Å². The molecule has 0 radical (unpaired) electrons. The van der Waals surface area contributed by atoms with Gasteiger partial charge in [-0.05, 0) is 36.2 Å². The highest BCUT2D eigenvalue weighted by molar-refractivity contribution is 5.89. The van der Waals surface area contributed by atoms with E-state index in [1.165, 1.54) is 0 Å². The van der Waals surface area contributed by atoms with Gasteiger partial charge >= 0.3 is 11.9 Å². The van der Waals surface area contributed by atoms with Gasteiger partial charge in [0.1, 0.15) is 25.3 Å². The number of benzene rings is 2. The van der Waals surface area contributed by atoms with E-state index in [2.05, 4.69) is 5.32 Å². The monoisotopic (exact) mass is 585 g/mol. The van der Waals surface area contributed by atoms with Crippen LogP contribution in [0.15, 0.2) is 59.4 Å². The average Bonchev–Trinajstić information content (AvgIpc) is 3.38. The smallest absolute Gasteiger partial charge is 0.344 e. The molecule has 0 saturated heterocycles. The molecule has 0 unspecified atom stereocenters. The summed E-state index contributed by atoms with van der Waals surface area (Å²) in [4.78, 5) is 43.6. The Morgan fingerprint density at radius 3 is 2.67 bits per heavy atom. The molecule has 222 valence electrons. The molecular formula is C31H31N5O7. The number of aromatic nitrogens is 2. The minimum Gasteiger partial charge on any atom is -0.482 e. The maximum Gasteiger partial charge on any atom is 0.344 e. The average molecular weight is 586 g/mol. The molecule has 43 heavy (non-hydrogen) atoms. The zero-order valence-electron chi connectivity index (χ0n) is 23.5. The number of pyridine rings is 2. The number of para-hydroxylation sites is 1. The van der Waals surface area contributed by atoms with E-state index in [-0.39, 0.29) is 49.5 Å². The van der Waals surface area contributed by atoms with Crippen LogP contribution in [-0.2, 0) is 51.0 Å². The molecule has 0 amide bonds. The van der Waals surface area contributed by atoms with E-state index >= 15 is 0 Å². The molecule has 12 nitrogen and oxygen atoms in total. The predicted octanol–water partition coefficient (Wildman–Crippen LogP) is 1.49. The fraction of sp³-hybridized carbons (Fsp3) is 0.290. The van der Waals surface area contributed by atoms with Crippen LogP contribution in [0.3, 0.4) is 0 Å². The van der Waals surface area contributed by atoms with Gasteiger partial charge in [-0.25, -0.2) is 14.6 Å². The quantitative estimate of drug-likeness (QED) is 0.145. The lowest BCUT2D eigenvalue weighted by atomic mass is 9.86. The number of nitrogens with one attached hydrogen (secondary N) is 1. The normalized spacial score (nSPS) is 16.9. The molecular weight excluding hydrogens is 554 g/mol. The number of nitrogens with two attached hydrogens (primary N) is 2. The summed E-state index contributed by atoms with van der Waals surface area (Å²) in [5.74, 6) is -0.849. The van der Waals surface area contributed by atoms with Crippen molar-refractivity contribution >= 4 is 22.8 Å². The third-order valence-electron chi connectivity index (χ3n) is 7.91. The molecule has 12 heteroatoms. The summed E-state index contributed by atoms with van der Waals surface area (Å²) in [6, 6.07) is 16.2. The zero-order valence-corrected chi connectivity index (χ0v) is 23.5. The van der Waals surface area contributed by atoms with Crippen molar-refractivity contribution in [1.82, 2.24) is 14.9 Å². The van der Waals surface area contributed by atoms with Crippen molar-refractivity contribution < 1.29 is 28.9 Å². The van der Waals surface area contributed by atoms with E-state index in [0.29, 0.717) is 34.8 Å². The standard InChI is InChI=1S/C31H31N5O7/c1-2-31(40)23-11-25-27-20(13-36(25)28(38)22(23)15-43-29(31)39)21(19-5-3-4-6-24(19)35-27)14-42-26(37)16-41-18-9-7-17(8-10-18)12-34-30(32)33/h3-11,30,34,40H,2,12-16,32-33H2,1H3/t31-/m0/s1. The summed E-state index contributed by atoms with van der Waals surface area (Å²) >= 11 is 0. The lowest BCUT2D eigenvalue weighted by Crippen LogP contribution is -2.44. The second-order valence-corrected chi connectivity index (χ2v) is 10.5. The van der Waals surface area contributed by atoms with Crippen LogP contribution in [0.5, 0.6) is 5.75 Å². The molecule has 0 bridgehead atoms. The maximum atomic E-state index is 13.6. The van der Waals surface area contributed by atoms with Crippen LogP contribution in [0.2, 0.25) is 0 Å². The summed E-state index contributed by atoms with van der Waals surface area (Å²) in [6.45, 7) is 1.75. The Labute approximate surface area is 246 Å². The summed E-state index contributed by atoms with van der Waals surface area (Å²) in [5, 5.41) is 14.8. The number of aliphatic hydroxyl groups is 1. The van der Waals surface area contributed by atoms with Crippen LogP contribution in [0.1, 0.15) is 41.2 Å². The van der Waals surface area contributed by atoms with Crippen LogP contribution < -0.4 is 27.1 Å².